The molecular weight excluding hydrogens is 294 g/mol. The van der Waals surface area contributed by atoms with Gasteiger partial charge < -0.3 is 11.1 Å². The lowest BCUT2D eigenvalue weighted by atomic mass is 10.0. The molecule has 2 rings (SSSR count). The number of carbonyl (C=O) groups excluding carboxylic acids is 2. The third-order valence-electron chi connectivity index (χ3n) is 3.59. The van der Waals surface area contributed by atoms with Crippen LogP contribution < -0.4 is 11.1 Å². The van der Waals surface area contributed by atoms with Crippen LogP contribution in [0, 0.1) is 0 Å². The average Bonchev–Trinajstić information content (AvgIpc) is 3.00. The Bertz CT molecular complexity index is 735. The van der Waals surface area contributed by atoms with Crippen molar-refractivity contribution in [2.45, 2.75) is 32.6 Å². The number of benzene rings is 1. The Balaban J connectivity index is 1.77. The SMILES string of the molecule is C=C(C)C(=O)NCCCCCC(=O)c1ccc2[nH]nnc2c1N. The van der Waals surface area contributed by atoms with Crippen molar-refractivity contribution in [3.05, 3.63) is 29.8 Å². The van der Waals surface area contributed by atoms with Crippen LogP contribution in [0.25, 0.3) is 11.0 Å². The van der Waals surface area contributed by atoms with E-state index in [-0.39, 0.29) is 11.7 Å². The number of carbonyl (C=O) groups is 2. The summed E-state index contributed by atoms with van der Waals surface area (Å²) in [6.07, 6.45) is 2.85. The number of ketones is 1. The Kier molecular flexibility index (Phi) is 5.46. The molecular formula is C16H21N5O2. The number of anilines is 1. The molecule has 0 aliphatic rings. The lowest BCUT2D eigenvalue weighted by Crippen LogP contribution is -2.24. The highest BCUT2D eigenvalue weighted by Crippen LogP contribution is 2.23. The number of nitrogen functional groups attached to an aromatic ring is 1. The van der Waals surface area contributed by atoms with E-state index in [9.17, 15) is 9.59 Å². The molecule has 1 amide bonds. The zero-order valence-electron chi connectivity index (χ0n) is 13.2. The first-order chi connectivity index (χ1) is 11.0. The molecule has 7 heteroatoms. The minimum absolute atomic E-state index is 0.00151. The van der Waals surface area contributed by atoms with Crippen LogP contribution >= 0.6 is 0 Å². The van der Waals surface area contributed by atoms with E-state index in [4.69, 9.17) is 5.73 Å². The molecule has 1 aromatic heterocycles. The van der Waals surface area contributed by atoms with Crippen LogP contribution in [-0.2, 0) is 4.79 Å². The number of rotatable bonds is 8. The van der Waals surface area contributed by atoms with Crippen LogP contribution in [0.4, 0.5) is 5.69 Å². The summed E-state index contributed by atoms with van der Waals surface area (Å²) in [5, 5.41) is 13.0. The summed E-state index contributed by atoms with van der Waals surface area (Å²) >= 11 is 0. The molecule has 0 fully saturated rings. The Labute approximate surface area is 134 Å². The molecule has 7 nitrogen and oxygen atoms in total. The number of hydrogen-bond donors (Lipinski definition) is 3. The van der Waals surface area contributed by atoms with Gasteiger partial charge in [0.05, 0.1) is 11.2 Å². The van der Waals surface area contributed by atoms with E-state index in [1.807, 2.05) is 0 Å². The predicted molar refractivity (Wildman–Crippen MR) is 88.9 cm³/mol. The molecule has 0 aliphatic heterocycles. The normalized spacial score (nSPS) is 10.7. The predicted octanol–water partition coefficient (Wildman–Crippen LogP) is 1.98. The third kappa shape index (κ3) is 4.15. The standard InChI is InChI=1S/C16H21N5O2/c1-10(2)16(23)18-9-5-3-4-6-13(22)11-7-8-12-15(14(11)17)20-21-19-12/h7-8H,1,3-6,9,17H2,2H3,(H,18,23)(H,19,20,21). The van der Waals surface area contributed by atoms with Crippen LogP contribution in [0.2, 0.25) is 0 Å². The number of Topliss-reactive ketones (excluding diaryl/α,β-unsaturated/α-hetero) is 1. The van der Waals surface area contributed by atoms with Gasteiger partial charge in [-0.25, -0.2) is 0 Å². The first kappa shape index (κ1) is 16.7. The molecule has 0 atom stereocenters. The maximum atomic E-state index is 12.2. The number of nitrogens with one attached hydrogen (secondary N) is 2. The van der Waals surface area contributed by atoms with Crippen LogP contribution in [0.3, 0.4) is 0 Å². The highest BCUT2D eigenvalue weighted by molar-refractivity contribution is 6.06. The summed E-state index contributed by atoms with van der Waals surface area (Å²) in [5.41, 5.74) is 8.58. The highest BCUT2D eigenvalue weighted by atomic mass is 16.1. The van der Waals surface area contributed by atoms with Crippen molar-refractivity contribution in [3.8, 4) is 0 Å². The zero-order chi connectivity index (χ0) is 16.8. The van der Waals surface area contributed by atoms with Gasteiger partial charge >= 0.3 is 0 Å². The maximum Gasteiger partial charge on any atom is 0.246 e. The lowest BCUT2D eigenvalue weighted by molar-refractivity contribution is -0.117. The summed E-state index contributed by atoms with van der Waals surface area (Å²) in [4.78, 5) is 23.5. The van der Waals surface area contributed by atoms with Crippen molar-refractivity contribution < 1.29 is 9.59 Å². The van der Waals surface area contributed by atoms with Crippen molar-refractivity contribution >= 4 is 28.4 Å². The largest absolute Gasteiger partial charge is 0.396 e. The second-order valence-electron chi connectivity index (χ2n) is 5.50. The monoisotopic (exact) mass is 315 g/mol. The molecule has 4 N–H and O–H groups in total. The summed E-state index contributed by atoms with van der Waals surface area (Å²) in [7, 11) is 0. The molecule has 23 heavy (non-hydrogen) atoms. The van der Waals surface area contributed by atoms with E-state index < -0.39 is 0 Å². The number of hydrogen-bond acceptors (Lipinski definition) is 5. The molecule has 1 heterocycles. The van der Waals surface area contributed by atoms with Crippen LogP contribution in [-0.4, -0.2) is 33.6 Å². The molecule has 2 aromatic rings. The van der Waals surface area contributed by atoms with Gasteiger partial charge in [0.25, 0.3) is 0 Å². The maximum absolute atomic E-state index is 12.2. The van der Waals surface area contributed by atoms with Crippen molar-refractivity contribution in [2.24, 2.45) is 0 Å². The minimum atomic E-state index is -0.130. The van der Waals surface area contributed by atoms with Crippen molar-refractivity contribution in [1.82, 2.24) is 20.7 Å². The Morgan fingerprint density at radius 3 is 2.83 bits per heavy atom. The van der Waals surface area contributed by atoms with Gasteiger partial charge in [0, 0.05) is 24.1 Å². The van der Waals surface area contributed by atoms with Gasteiger partial charge in [-0.15, -0.1) is 5.10 Å². The number of aromatic amines is 1. The van der Waals surface area contributed by atoms with E-state index in [1.165, 1.54) is 0 Å². The van der Waals surface area contributed by atoms with Gasteiger partial charge in [0.2, 0.25) is 5.91 Å². The molecule has 0 spiro atoms. The smallest absolute Gasteiger partial charge is 0.246 e. The van der Waals surface area contributed by atoms with Gasteiger partial charge in [-0.05, 0) is 31.9 Å². The van der Waals surface area contributed by atoms with E-state index in [1.54, 1.807) is 19.1 Å². The van der Waals surface area contributed by atoms with Crippen LogP contribution in [0.15, 0.2) is 24.3 Å². The molecule has 0 bridgehead atoms. The zero-order valence-corrected chi connectivity index (χ0v) is 13.2. The highest BCUT2D eigenvalue weighted by Gasteiger charge is 2.13. The number of H-pyrrole nitrogens is 1. The van der Waals surface area contributed by atoms with E-state index in [0.717, 1.165) is 19.3 Å². The van der Waals surface area contributed by atoms with Crippen molar-refractivity contribution in [2.75, 3.05) is 12.3 Å². The molecule has 122 valence electrons. The summed E-state index contributed by atoms with van der Waals surface area (Å²) in [6.45, 7) is 5.83. The summed E-state index contributed by atoms with van der Waals surface area (Å²) in [5.74, 6) is -0.131. The van der Waals surface area contributed by atoms with E-state index in [2.05, 4.69) is 27.3 Å². The Morgan fingerprint density at radius 2 is 2.09 bits per heavy atom. The molecule has 1 aromatic carbocycles. The Morgan fingerprint density at radius 1 is 1.30 bits per heavy atom. The number of nitrogens with two attached hydrogens (primary N) is 1. The van der Waals surface area contributed by atoms with Crippen LogP contribution in [0.1, 0.15) is 43.0 Å². The minimum Gasteiger partial charge on any atom is -0.396 e. The van der Waals surface area contributed by atoms with E-state index in [0.29, 0.717) is 40.8 Å². The van der Waals surface area contributed by atoms with E-state index >= 15 is 0 Å². The first-order valence-electron chi connectivity index (χ1n) is 7.57. The molecule has 0 unspecified atom stereocenters. The lowest BCUT2D eigenvalue weighted by Gasteiger charge is -2.06. The van der Waals surface area contributed by atoms with Crippen molar-refractivity contribution in [1.29, 1.82) is 0 Å². The number of fused-ring (bicyclic) bond motifs is 1. The van der Waals surface area contributed by atoms with Gasteiger partial charge in [0.15, 0.2) is 5.78 Å². The fourth-order valence-electron chi connectivity index (χ4n) is 2.25. The average molecular weight is 315 g/mol. The summed E-state index contributed by atoms with van der Waals surface area (Å²) < 4.78 is 0. The molecule has 0 aliphatic carbocycles. The van der Waals surface area contributed by atoms with Gasteiger partial charge in [-0.3, -0.25) is 14.7 Å². The fraction of sp³-hybridized carbons (Fsp3) is 0.375. The number of amides is 1. The Hall–Kier alpha value is -2.70. The topological polar surface area (TPSA) is 114 Å². The quantitative estimate of drug-likeness (QED) is 0.298. The summed E-state index contributed by atoms with van der Waals surface area (Å²) in [6, 6.07) is 3.46. The second-order valence-corrected chi connectivity index (χ2v) is 5.50. The third-order valence-corrected chi connectivity index (χ3v) is 3.59. The molecule has 0 saturated carbocycles. The van der Waals surface area contributed by atoms with Gasteiger partial charge in [0.1, 0.15) is 5.52 Å². The van der Waals surface area contributed by atoms with Crippen molar-refractivity contribution in [3.63, 3.8) is 0 Å². The number of unbranched alkanes of at least 4 members (excludes halogenated alkanes) is 2. The van der Waals surface area contributed by atoms with Crippen LogP contribution in [0.5, 0.6) is 0 Å². The number of aromatic nitrogens is 3. The number of nitrogens with zero attached hydrogens (tertiary/aromatic N) is 2. The van der Waals surface area contributed by atoms with Gasteiger partial charge in [-0.1, -0.05) is 18.2 Å². The fourth-order valence-corrected chi connectivity index (χ4v) is 2.25. The molecule has 0 radical (unpaired) electrons. The second kappa shape index (κ2) is 7.53. The molecule has 0 saturated heterocycles. The first-order valence-corrected chi connectivity index (χ1v) is 7.57. The van der Waals surface area contributed by atoms with Gasteiger partial charge in [-0.2, -0.15) is 0 Å².